The Morgan fingerprint density at radius 1 is 1.43 bits per heavy atom. The predicted octanol–water partition coefficient (Wildman–Crippen LogP) is 3.44. The summed E-state index contributed by atoms with van der Waals surface area (Å²) >= 11 is 3.38. The highest BCUT2D eigenvalue weighted by molar-refractivity contribution is 9.10. The number of hydrogen-bond acceptors (Lipinski definition) is 3. The lowest BCUT2D eigenvalue weighted by atomic mass is 10.1. The lowest BCUT2D eigenvalue weighted by Gasteiger charge is -2.22. The Kier molecular flexibility index (Phi) is 4.37. The third kappa shape index (κ3) is 2.81. The van der Waals surface area contributed by atoms with Gasteiger partial charge in [0, 0.05) is 22.5 Å². The molecule has 1 aromatic heterocycles. The van der Waals surface area contributed by atoms with Crippen molar-refractivity contribution in [2.24, 2.45) is 0 Å². The second-order valence-electron chi connectivity index (χ2n) is 4.88. The summed E-state index contributed by atoms with van der Waals surface area (Å²) in [7, 11) is 1.48. The molecule has 0 aliphatic rings. The highest BCUT2D eigenvalue weighted by Gasteiger charge is 2.29. The zero-order valence-electron chi connectivity index (χ0n) is 12.0. The number of aliphatic carboxylic acids is 1. The van der Waals surface area contributed by atoms with Crippen LogP contribution < -0.4 is 0 Å². The van der Waals surface area contributed by atoms with Crippen LogP contribution in [0.4, 0.5) is 0 Å². The quantitative estimate of drug-likeness (QED) is 0.913. The Bertz CT molecular complexity index is 707. The summed E-state index contributed by atoms with van der Waals surface area (Å²) in [5, 5.41) is 9.99. The fourth-order valence-corrected chi connectivity index (χ4v) is 2.67. The largest absolute Gasteiger partial charge is 0.480 e. The number of furan rings is 1. The van der Waals surface area contributed by atoms with Gasteiger partial charge in [0.25, 0.3) is 5.91 Å². The molecule has 1 amide bonds. The van der Waals surface area contributed by atoms with Gasteiger partial charge >= 0.3 is 5.97 Å². The molecule has 0 bridgehead atoms. The maximum Gasteiger partial charge on any atom is 0.326 e. The van der Waals surface area contributed by atoms with Gasteiger partial charge in [0.2, 0.25) is 0 Å². The molecule has 1 atom stereocenters. The minimum Gasteiger partial charge on any atom is -0.480 e. The molecule has 2 aromatic rings. The molecule has 21 heavy (non-hydrogen) atoms. The summed E-state index contributed by atoms with van der Waals surface area (Å²) in [5.41, 5.74) is 1.32. The minimum absolute atomic E-state index is 0.185. The second-order valence-corrected chi connectivity index (χ2v) is 5.79. The summed E-state index contributed by atoms with van der Waals surface area (Å²) in [6, 6.07) is 4.61. The molecule has 0 saturated heterocycles. The molecule has 6 heteroatoms. The summed E-state index contributed by atoms with van der Waals surface area (Å²) in [6.45, 7) is 3.52. The lowest BCUT2D eigenvalue weighted by Crippen LogP contribution is -2.42. The number of carbonyl (C=O) groups excluding carboxylic acids is 1. The number of nitrogens with zero attached hydrogens (tertiary/aromatic N) is 1. The maximum atomic E-state index is 12.5. The molecule has 1 unspecified atom stereocenters. The normalized spacial score (nSPS) is 12.4. The molecule has 0 fully saturated rings. The molecule has 112 valence electrons. The van der Waals surface area contributed by atoms with Crippen LogP contribution in [0.25, 0.3) is 11.0 Å². The molecule has 0 saturated carbocycles. The predicted molar refractivity (Wildman–Crippen MR) is 82.5 cm³/mol. The van der Waals surface area contributed by atoms with Crippen LogP contribution in [0.1, 0.15) is 29.5 Å². The van der Waals surface area contributed by atoms with Crippen molar-refractivity contribution in [3.8, 4) is 0 Å². The Hall–Kier alpha value is -1.82. The van der Waals surface area contributed by atoms with Gasteiger partial charge in [0.1, 0.15) is 11.6 Å². The van der Waals surface area contributed by atoms with E-state index in [4.69, 9.17) is 9.52 Å². The zero-order chi connectivity index (χ0) is 15.7. The summed E-state index contributed by atoms with van der Waals surface area (Å²) in [4.78, 5) is 24.9. The van der Waals surface area contributed by atoms with Crippen molar-refractivity contribution in [2.45, 2.75) is 26.3 Å². The van der Waals surface area contributed by atoms with E-state index >= 15 is 0 Å². The number of fused-ring (bicyclic) bond motifs is 1. The number of aryl methyl sites for hydroxylation is 1. The van der Waals surface area contributed by atoms with Crippen molar-refractivity contribution in [1.29, 1.82) is 0 Å². The van der Waals surface area contributed by atoms with Crippen LogP contribution in [-0.4, -0.2) is 35.0 Å². The molecule has 2 rings (SSSR count). The van der Waals surface area contributed by atoms with E-state index in [9.17, 15) is 9.59 Å². The average molecular weight is 354 g/mol. The van der Waals surface area contributed by atoms with Crippen molar-refractivity contribution in [2.75, 3.05) is 7.05 Å². The molecule has 1 aromatic carbocycles. The SMILES string of the molecule is CCC(C(=O)O)N(C)C(=O)c1oc2ccc(Br)cc2c1C. The van der Waals surface area contributed by atoms with Crippen molar-refractivity contribution in [1.82, 2.24) is 4.90 Å². The summed E-state index contributed by atoms with van der Waals surface area (Å²) < 4.78 is 6.50. The van der Waals surface area contributed by atoms with Crippen LogP contribution in [-0.2, 0) is 4.79 Å². The first-order chi connectivity index (χ1) is 9.86. The van der Waals surface area contributed by atoms with Crippen LogP contribution >= 0.6 is 15.9 Å². The van der Waals surface area contributed by atoms with Gasteiger partial charge in [-0.1, -0.05) is 22.9 Å². The van der Waals surface area contributed by atoms with E-state index in [-0.39, 0.29) is 5.76 Å². The van der Waals surface area contributed by atoms with Gasteiger partial charge in [-0.3, -0.25) is 4.79 Å². The van der Waals surface area contributed by atoms with Crippen LogP contribution in [0.2, 0.25) is 0 Å². The molecule has 5 nitrogen and oxygen atoms in total. The number of carboxylic acids is 1. The van der Waals surface area contributed by atoms with Crippen LogP contribution in [0.5, 0.6) is 0 Å². The highest BCUT2D eigenvalue weighted by Crippen LogP contribution is 2.29. The van der Waals surface area contributed by atoms with Gasteiger partial charge < -0.3 is 14.4 Å². The molecular weight excluding hydrogens is 338 g/mol. The van der Waals surface area contributed by atoms with E-state index < -0.39 is 17.9 Å². The van der Waals surface area contributed by atoms with Gasteiger partial charge in [-0.25, -0.2) is 4.79 Å². The van der Waals surface area contributed by atoms with Crippen LogP contribution in [0.3, 0.4) is 0 Å². The monoisotopic (exact) mass is 353 g/mol. The number of hydrogen-bond donors (Lipinski definition) is 1. The van der Waals surface area contributed by atoms with Crippen molar-refractivity contribution < 1.29 is 19.1 Å². The molecule has 0 aliphatic carbocycles. The number of likely N-dealkylation sites (N-methyl/N-ethyl adjacent to an activating group) is 1. The van der Waals surface area contributed by atoms with Crippen molar-refractivity contribution in [3.05, 3.63) is 34.0 Å². The molecule has 0 radical (unpaired) electrons. The van der Waals surface area contributed by atoms with E-state index in [0.717, 1.165) is 9.86 Å². The van der Waals surface area contributed by atoms with E-state index in [2.05, 4.69) is 15.9 Å². The van der Waals surface area contributed by atoms with Crippen LogP contribution in [0, 0.1) is 6.92 Å². The minimum atomic E-state index is -1.02. The molecular formula is C15H16BrNO4. The number of carboxylic acid groups (broad SMARTS) is 1. The fraction of sp³-hybridized carbons (Fsp3) is 0.333. The zero-order valence-corrected chi connectivity index (χ0v) is 13.6. The highest BCUT2D eigenvalue weighted by atomic mass is 79.9. The first-order valence-electron chi connectivity index (χ1n) is 6.55. The first kappa shape index (κ1) is 15.6. The van der Waals surface area contributed by atoms with E-state index in [1.807, 2.05) is 12.1 Å². The van der Waals surface area contributed by atoms with Crippen LogP contribution in [0.15, 0.2) is 27.1 Å². The third-order valence-corrected chi connectivity index (χ3v) is 4.05. The maximum absolute atomic E-state index is 12.5. The van der Waals surface area contributed by atoms with Gasteiger partial charge in [-0.05, 0) is 31.5 Å². The van der Waals surface area contributed by atoms with E-state index in [1.165, 1.54) is 11.9 Å². The number of carbonyl (C=O) groups is 2. The fourth-order valence-electron chi connectivity index (χ4n) is 2.31. The van der Waals surface area contributed by atoms with E-state index in [1.54, 1.807) is 19.9 Å². The van der Waals surface area contributed by atoms with Gasteiger partial charge in [-0.15, -0.1) is 0 Å². The first-order valence-corrected chi connectivity index (χ1v) is 7.34. The number of benzene rings is 1. The summed E-state index contributed by atoms with van der Waals surface area (Å²) in [6.07, 6.45) is 0.336. The van der Waals surface area contributed by atoms with Gasteiger partial charge in [-0.2, -0.15) is 0 Å². The second kappa shape index (κ2) is 5.89. The Morgan fingerprint density at radius 3 is 2.67 bits per heavy atom. The third-order valence-electron chi connectivity index (χ3n) is 3.55. The Labute approximate surface area is 130 Å². The Balaban J connectivity index is 2.44. The van der Waals surface area contributed by atoms with Crippen molar-refractivity contribution in [3.63, 3.8) is 0 Å². The van der Waals surface area contributed by atoms with Gasteiger partial charge in [0.05, 0.1) is 0 Å². The Morgan fingerprint density at radius 2 is 2.10 bits per heavy atom. The number of rotatable bonds is 4. The van der Waals surface area contributed by atoms with Gasteiger partial charge in [0.15, 0.2) is 5.76 Å². The molecule has 0 aliphatic heterocycles. The smallest absolute Gasteiger partial charge is 0.326 e. The molecule has 0 spiro atoms. The number of halogens is 1. The number of amides is 1. The average Bonchev–Trinajstić information content (AvgIpc) is 2.75. The van der Waals surface area contributed by atoms with Crippen molar-refractivity contribution >= 4 is 38.8 Å². The molecule has 1 N–H and O–H groups in total. The summed E-state index contributed by atoms with van der Waals surface area (Å²) in [5.74, 6) is -1.26. The lowest BCUT2D eigenvalue weighted by molar-refractivity contribution is -0.142. The molecule has 1 heterocycles. The van der Waals surface area contributed by atoms with E-state index in [0.29, 0.717) is 17.6 Å². The standard InChI is InChI=1S/C15H16BrNO4/c1-4-11(15(19)20)17(3)14(18)13-8(2)10-7-9(16)5-6-12(10)21-13/h5-7,11H,4H2,1-3H3,(H,19,20). The topological polar surface area (TPSA) is 70.8 Å².